The normalized spacial score (nSPS) is 13.1. The minimum Gasteiger partial charge on any atom is -0.308 e. The molecule has 1 aromatic heterocycles. The Morgan fingerprint density at radius 3 is 2.62 bits per heavy atom. The molecule has 3 nitrogen and oxygen atoms in total. The SMILES string of the molecule is CCc1nn(CC)c(CNC(C)CBr)c1Br. The van der Waals surface area contributed by atoms with Crippen LogP contribution in [0.5, 0.6) is 0 Å². The van der Waals surface area contributed by atoms with Crippen molar-refractivity contribution in [3.8, 4) is 0 Å². The van der Waals surface area contributed by atoms with Gasteiger partial charge >= 0.3 is 0 Å². The molecule has 1 aromatic rings. The lowest BCUT2D eigenvalue weighted by Gasteiger charge is -2.11. The third-order valence-corrected chi connectivity index (χ3v) is 4.43. The van der Waals surface area contributed by atoms with E-state index < -0.39 is 0 Å². The zero-order chi connectivity index (χ0) is 12.1. The van der Waals surface area contributed by atoms with Crippen LogP contribution < -0.4 is 5.32 Å². The number of alkyl halides is 1. The average Bonchev–Trinajstić information content (AvgIpc) is 2.62. The molecule has 1 rings (SSSR count). The van der Waals surface area contributed by atoms with Crippen LogP contribution in [0.25, 0.3) is 0 Å². The minimum atomic E-state index is 0.470. The maximum absolute atomic E-state index is 4.57. The highest BCUT2D eigenvalue weighted by Gasteiger charge is 2.13. The van der Waals surface area contributed by atoms with Crippen molar-refractivity contribution in [1.82, 2.24) is 15.1 Å². The molecule has 0 saturated carbocycles. The lowest BCUT2D eigenvalue weighted by molar-refractivity contribution is 0.543. The Labute approximate surface area is 114 Å². The summed E-state index contributed by atoms with van der Waals surface area (Å²) in [4.78, 5) is 0. The van der Waals surface area contributed by atoms with Crippen molar-refractivity contribution in [3.63, 3.8) is 0 Å². The highest BCUT2D eigenvalue weighted by atomic mass is 79.9. The second kappa shape index (κ2) is 6.77. The Hall–Kier alpha value is 0.130. The van der Waals surface area contributed by atoms with Gasteiger partial charge in [-0.1, -0.05) is 22.9 Å². The zero-order valence-corrected chi connectivity index (χ0v) is 13.2. The molecule has 0 fully saturated rings. The Balaban J connectivity index is 2.80. The average molecular weight is 353 g/mol. The van der Waals surface area contributed by atoms with Crippen LogP contribution in [0.3, 0.4) is 0 Å². The predicted molar refractivity (Wildman–Crippen MR) is 75.1 cm³/mol. The molecule has 1 heterocycles. The lowest BCUT2D eigenvalue weighted by atomic mass is 10.3. The molecule has 1 atom stereocenters. The Morgan fingerprint density at radius 1 is 1.44 bits per heavy atom. The van der Waals surface area contributed by atoms with Crippen molar-refractivity contribution >= 4 is 31.9 Å². The van der Waals surface area contributed by atoms with Crippen molar-refractivity contribution in [3.05, 3.63) is 15.9 Å². The van der Waals surface area contributed by atoms with Crippen LogP contribution in [0.1, 0.15) is 32.2 Å². The first-order chi connectivity index (χ1) is 7.63. The molecule has 0 radical (unpaired) electrons. The van der Waals surface area contributed by atoms with Gasteiger partial charge in [0, 0.05) is 24.5 Å². The number of rotatable bonds is 6. The van der Waals surface area contributed by atoms with Gasteiger partial charge in [0.15, 0.2) is 0 Å². The van der Waals surface area contributed by atoms with Crippen LogP contribution in [0.4, 0.5) is 0 Å². The van der Waals surface area contributed by atoms with E-state index >= 15 is 0 Å². The van der Waals surface area contributed by atoms with Crippen molar-refractivity contribution in [1.29, 1.82) is 0 Å². The van der Waals surface area contributed by atoms with E-state index in [0.29, 0.717) is 6.04 Å². The molecule has 0 aromatic carbocycles. The number of hydrogen-bond acceptors (Lipinski definition) is 2. The molecular weight excluding hydrogens is 334 g/mol. The first kappa shape index (κ1) is 14.2. The van der Waals surface area contributed by atoms with E-state index in [1.54, 1.807) is 0 Å². The van der Waals surface area contributed by atoms with Crippen LogP contribution in [0.2, 0.25) is 0 Å². The van der Waals surface area contributed by atoms with Gasteiger partial charge in [-0.3, -0.25) is 4.68 Å². The largest absolute Gasteiger partial charge is 0.308 e. The van der Waals surface area contributed by atoms with Gasteiger partial charge in [0.25, 0.3) is 0 Å². The maximum Gasteiger partial charge on any atom is 0.0767 e. The second-order valence-electron chi connectivity index (χ2n) is 3.81. The predicted octanol–water partition coefficient (Wildman–Crippen LogP) is 3.10. The van der Waals surface area contributed by atoms with Gasteiger partial charge in [-0.25, -0.2) is 0 Å². The van der Waals surface area contributed by atoms with Crippen molar-refractivity contribution in [2.24, 2.45) is 0 Å². The highest BCUT2D eigenvalue weighted by Crippen LogP contribution is 2.22. The van der Waals surface area contributed by atoms with Crippen molar-refractivity contribution < 1.29 is 0 Å². The van der Waals surface area contributed by atoms with E-state index in [1.165, 1.54) is 5.69 Å². The summed E-state index contributed by atoms with van der Waals surface area (Å²) >= 11 is 7.10. The first-order valence-corrected chi connectivity index (χ1v) is 7.58. The van der Waals surface area contributed by atoms with Crippen LogP contribution in [0, 0.1) is 0 Å². The lowest BCUT2D eigenvalue weighted by Crippen LogP contribution is -2.28. The van der Waals surface area contributed by atoms with E-state index in [0.717, 1.165) is 35.0 Å². The maximum atomic E-state index is 4.57. The summed E-state index contributed by atoms with van der Waals surface area (Å²) in [5.41, 5.74) is 2.39. The van der Waals surface area contributed by atoms with Gasteiger partial charge in [-0.15, -0.1) is 0 Å². The topological polar surface area (TPSA) is 29.9 Å². The second-order valence-corrected chi connectivity index (χ2v) is 5.25. The quantitative estimate of drug-likeness (QED) is 0.797. The first-order valence-electron chi connectivity index (χ1n) is 5.67. The van der Waals surface area contributed by atoms with Gasteiger partial charge in [0.2, 0.25) is 0 Å². The van der Waals surface area contributed by atoms with Crippen molar-refractivity contribution in [2.75, 3.05) is 5.33 Å². The minimum absolute atomic E-state index is 0.470. The van der Waals surface area contributed by atoms with Gasteiger partial charge < -0.3 is 5.32 Å². The summed E-state index contributed by atoms with van der Waals surface area (Å²) in [6.07, 6.45) is 0.967. The molecule has 92 valence electrons. The van der Waals surface area contributed by atoms with E-state index in [1.807, 2.05) is 0 Å². The number of aromatic nitrogens is 2. The van der Waals surface area contributed by atoms with Crippen LogP contribution in [-0.4, -0.2) is 21.2 Å². The summed E-state index contributed by atoms with van der Waals surface area (Å²) in [6, 6.07) is 0.470. The molecular formula is C11H19Br2N3. The summed E-state index contributed by atoms with van der Waals surface area (Å²) < 4.78 is 3.22. The highest BCUT2D eigenvalue weighted by molar-refractivity contribution is 9.10. The van der Waals surface area contributed by atoms with E-state index in [4.69, 9.17) is 0 Å². The number of halogens is 2. The molecule has 1 N–H and O–H groups in total. The fraction of sp³-hybridized carbons (Fsp3) is 0.727. The fourth-order valence-electron chi connectivity index (χ4n) is 1.51. The summed E-state index contributed by atoms with van der Waals surface area (Å²) in [6.45, 7) is 8.18. The molecule has 0 bridgehead atoms. The van der Waals surface area contributed by atoms with E-state index in [-0.39, 0.29) is 0 Å². The third kappa shape index (κ3) is 3.31. The van der Waals surface area contributed by atoms with Crippen LogP contribution in [-0.2, 0) is 19.5 Å². The van der Waals surface area contributed by atoms with Gasteiger partial charge in [0.1, 0.15) is 0 Å². The monoisotopic (exact) mass is 351 g/mol. The smallest absolute Gasteiger partial charge is 0.0767 e. The van der Waals surface area contributed by atoms with E-state index in [9.17, 15) is 0 Å². The molecule has 5 heteroatoms. The standard InChI is InChI=1S/C11H19Br2N3/c1-4-9-11(13)10(16(5-2)15-9)7-14-8(3)6-12/h8,14H,4-7H2,1-3H3. The molecule has 0 amide bonds. The molecule has 0 spiro atoms. The molecule has 16 heavy (non-hydrogen) atoms. The number of nitrogens with zero attached hydrogens (tertiary/aromatic N) is 2. The molecule has 0 aliphatic heterocycles. The van der Waals surface area contributed by atoms with Gasteiger partial charge in [-0.05, 0) is 36.2 Å². The van der Waals surface area contributed by atoms with Crippen LogP contribution >= 0.6 is 31.9 Å². The Morgan fingerprint density at radius 2 is 2.12 bits per heavy atom. The zero-order valence-electron chi connectivity index (χ0n) is 10.1. The fourth-order valence-corrected chi connectivity index (χ4v) is 2.45. The van der Waals surface area contributed by atoms with Crippen LogP contribution in [0.15, 0.2) is 4.47 Å². The summed E-state index contributed by atoms with van der Waals surface area (Å²) in [7, 11) is 0. The molecule has 1 unspecified atom stereocenters. The Bertz CT molecular complexity index is 336. The number of hydrogen-bond donors (Lipinski definition) is 1. The Kier molecular flexibility index (Phi) is 6.00. The third-order valence-electron chi connectivity index (χ3n) is 2.54. The molecule has 0 saturated heterocycles. The summed E-state index contributed by atoms with van der Waals surface area (Å²) in [5, 5.41) is 9.00. The number of aryl methyl sites for hydroxylation is 2. The van der Waals surface area contributed by atoms with Gasteiger partial charge in [-0.2, -0.15) is 5.10 Å². The molecule has 0 aliphatic carbocycles. The molecule has 0 aliphatic rings. The summed E-state index contributed by atoms with van der Waals surface area (Å²) in [5.74, 6) is 0. The van der Waals surface area contributed by atoms with Gasteiger partial charge in [0.05, 0.1) is 15.9 Å². The van der Waals surface area contributed by atoms with E-state index in [2.05, 4.69) is 67.7 Å². The number of nitrogens with one attached hydrogen (secondary N) is 1. The van der Waals surface area contributed by atoms with Crippen molar-refractivity contribution in [2.45, 2.75) is 46.3 Å².